The third-order valence-electron chi connectivity index (χ3n) is 5.33. The number of nitrogen functional groups attached to an aromatic ring is 1. The van der Waals surface area contributed by atoms with Crippen LogP contribution in [0.25, 0.3) is 11.1 Å². The maximum absolute atomic E-state index is 13.8. The summed E-state index contributed by atoms with van der Waals surface area (Å²) in [7, 11) is 0. The number of piperidine rings is 1. The standard InChI is InChI=1S/C23H23FN4O/c24-19-10-4-8-17(13-19)20-14-26-23(25)27-22(20)18-9-5-11-28(15-18)21(29)12-16-6-2-1-3-7-16/h1-4,6-8,10,13-14,18H,5,9,11-12,15H2,(H2,25,26,27). The zero-order valence-electron chi connectivity index (χ0n) is 16.1. The Morgan fingerprint density at radius 3 is 2.79 bits per heavy atom. The highest BCUT2D eigenvalue weighted by atomic mass is 19.1. The topological polar surface area (TPSA) is 72.1 Å². The average Bonchev–Trinajstić information content (AvgIpc) is 2.74. The largest absolute Gasteiger partial charge is 0.368 e. The molecular formula is C23H23FN4O. The smallest absolute Gasteiger partial charge is 0.227 e. The van der Waals surface area contributed by atoms with E-state index in [0.29, 0.717) is 18.5 Å². The molecule has 6 heteroatoms. The van der Waals surface area contributed by atoms with Gasteiger partial charge in [-0.2, -0.15) is 0 Å². The molecular weight excluding hydrogens is 367 g/mol. The van der Waals surface area contributed by atoms with E-state index >= 15 is 0 Å². The predicted molar refractivity (Wildman–Crippen MR) is 111 cm³/mol. The van der Waals surface area contributed by atoms with Crippen molar-refractivity contribution in [1.29, 1.82) is 0 Å². The first-order valence-corrected chi connectivity index (χ1v) is 9.80. The van der Waals surface area contributed by atoms with Gasteiger partial charge in [-0.1, -0.05) is 42.5 Å². The third kappa shape index (κ3) is 4.42. The number of rotatable bonds is 4. The van der Waals surface area contributed by atoms with Crippen LogP contribution < -0.4 is 5.73 Å². The van der Waals surface area contributed by atoms with E-state index in [2.05, 4.69) is 9.97 Å². The van der Waals surface area contributed by atoms with Crippen LogP contribution in [0.3, 0.4) is 0 Å². The fourth-order valence-corrected chi connectivity index (χ4v) is 3.91. The maximum Gasteiger partial charge on any atom is 0.227 e. The van der Waals surface area contributed by atoms with Crippen LogP contribution in [0, 0.1) is 5.82 Å². The molecule has 0 spiro atoms. The number of carbonyl (C=O) groups excluding carboxylic acids is 1. The maximum atomic E-state index is 13.8. The Labute approximate surface area is 169 Å². The average molecular weight is 390 g/mol. The van der Waals surface area contributed by atoms with Gasteiger partial charge < -0.3 is 10.6 Å². The molecule has 148 valence electrons. The molecule has 1 aliphatic rings. The lowest BCUT2D eigenvalue weighted by molar-refractivity contribution is -0.131. The number of aromatic nitrogens is 2. The van der Waals surface area contributed by atoms with Crippen molar-refractivity contribution in [2.24, 2.45) is 0 Å². The zero-order chi connectivity index (χ0) is 20.2. The number of nitrogens with zero attached hydrogens (tertiary/aromatic N) is 3. The molecule has 0 aliphatic carbocycles. The predicted octanol–water partition coefficient (Wildman–Crippen LogP) is 3.81. The molecule has 1 aliphatic heterocycles. The van der Waals surface area contributed by atoms with Gasteiger partial charge >= 0.3 is 0 Å². The van der Waals surface area contributed by atoms with Crippen LogP contribution in [-0.4, -0.2) is 33.9 Å². The molecule has 2 N–H and O–H groups in total. The first-order chi connectivity index (χ1) is 14.1. The molecule has 4 rings (SSSR count). The minimum Gasteiger partial charge on any atom is -0.368 e. The summed E-state index contributed by atoms with van der Waals surface area (Å²) in [5.41, 5.74) is 9.13. The van der Waals surface area contributed by atoms with Crippen LogP contribution in [0.15, 0.2) is 60.8 Å². The highest BCUT2D eigenvalue weighted by Crippen LogP contribution is 2.33. The minimum atomic E-state index is -0.311. The van der Waals surface area contributed by atoms with E-state index in [1.54, 1.807) is 12.3 Å². The van der Waals surface area contributed by atoms with Crippen LogP contribution in [-0.2, 0) is 11.2 Å². The molecule has 2 heterocycles. The van der Waals surface area contributed by atoms with E-state index in [9.17, 15) is 9.18 Å². The molecule has 1 unspecified atom stereocenters. The fraction of sp³-hybridized carbons (Fsp3) is 0.261. The summed E-state index contributed by atoms with van der Waals surface area (Å²) in [4.78, 5) is 23.3. The SMILES string of the molecule is Nc1ncc(-c2cccc(F)c2)c(C2CCCN(C(=O)Cc3ccccc3)C2)n1. The first kappa shape index (κ1) is 19.1. The lowest BCUT2D eigenvalue weighted by atomic mass is 9.89. The lowest BCUT2D eigenvalue weighted by Crippen LogP contribution is -2.40. The Morgan fingerprint density at radius 1 is 1.17 bits per heavy atom. The van der Waals surface area contributed by atoms with E-state index in [1.807, 2.05) is 41.3 Å². The van der Waals surface area contributed by atoms with Crippen molar-refractivity contribution in [2.45, 2.75) is 25.2 Å². The van der Waals surface area contributed by atoms with Crippen molar-refractivity contribution in [3.05, 3.63) is 77.9 Å². The highest BCUT2D eigenvalue weighted by molar-refractivity contribution is 5.79. The van der Waals surface area contributed by atoms with Gasteiger partial charge in [0.1, 0.15) is 5.82 Å². The van der Waals surface area contributed by atoms with Gasteiger partial charge in [0.2, 0.25) is 11.9 Å². The number of halogens is 1. The van der Waals surface area contributed by atoms with E-state index in [4.69, 9.17) is 5.73 Å². The number of anilines is 1. The van der Waals surface area contributed by atoms with Gasteiger partial charge in [0, 0.05) is 30.8 Å². The number of carbonyl (C=O) groups is 1. The summed E-state index contributed by atoms with van der Waals surface area (Å²) >= 11 is 0. The molecule has 1 atom stereocenters. The van der Waals surface area contributed by atoms with Gasteiger partial charge in [-0.3, -0.25) is 4.79 Å². The van der Waals surface area contributed by atoms with Gasteiger partial charge in [0.05, 0.1) is 12.1 Å². The van der Waals surface area contributed by atoms with Gasteiger partial charge in [-0.05, 0) is 36.1 Å². The van der Waals surface area contributed by atoms with E-state index in [1.165, 1.54) is 12.1 Å². The highest BCUT2D eigenvalue weighted by Gasteiger charge is 2.28. The summed E-state index contributed by atoms with van der Waals surface area (Å²) in [5.74, 6) is 0.0174. The van der Waals surface area contributed by atoms with Crippen molar-refractivity contribution in [1.82, 2.24) is 14.9 Å². The Morgan fingerprint density at radius 2 is 2.00 bits per heavy atom. The van der Waals surface area contributed by atoms with Crippen LogP contribution in [0.4, 0.5) is 10.3 Å². The Kier molecular flexibility index (Phi) is 5.51. The number of likely N-dealkylation sites (tertiary alicyclic amines) is 1. The molecule has 5 nitrogen and oxygen atoms in total. The molecule has 1 amide bonds. The van der Waals surface area contributed by atoms with Crippen molar-refractivity contribution >= 4 is 11.9 Å². The number of amides is 1. The number of hydrogen-bond acceptors (Lipinski definition) is 4. The van der Waals surface area contributed by atoms with Gasteiger partial charge in [-0.25, -0.2) is 14.4 Å². The number of nitrogens with two attached hydrogens (primary N) is 1. The summed E-state index contributed by atoms with van der Waals surface area (Å²) in [5, 5.41) is 0. The molecule has 0 bridgehead atoms. The molecule has 1 saturated heterocycles. The second-order valence-corrected chi connectivity index (χ2v) is 7.38. The normalized spacial score (nSPS) is 16.6. The summed E-state index contributed by atoms with van der Waals surface area (Å²) in [6, 6.07) is 16.1. The Balaban J connectivity index is 1.58. The quantitative estimate of drug-likeness (QED) is 0.735. The molecule has 1 aromatic heterocycles. The van der Waals surface area contributed by atoms with Gasteiger partial charge in [0.15, 0.2) is 0 Å². The lowest BCUT2D eigenvalue weighted by Gasteiger charge is -2.33. The molecule has 3 aromatic rings. The molecule has 29 heavy (non-hydrogen) atoms. The van der Waals surface area contributed by atoms with Crippen molar-refractivity contribution in [3.63, 3.8) is 0 Å². The Bertz CT molecular complexity index is 1010. The second-order valence-electron chi connectivity index (χ2n) is 7.38. The molecule has 0 radical (unpaired) electrons. The third-order valence-corrected chi connectivity index (χ3v) is 5.33. The number of benzene rings is 2. The van der Waals surface area contributed by atoms with Crippen LogP contribution in [0.5, 0.6) is 0 Å². The van der Waals surface area contributed by atoms with Crippen molar-refractivity contribution in [3.8, 4) is 11.1 Å². The molecule has 2 aromatic carbocycles. The van der Waals surface area contributed by atoms with E-state index < -0.39 is 0 Å². The summed E-state index contributed by atoms with van der Waals surface area (Å²) in [6.07, 6.45) is 3.82. The Hall–Kier alpha value is -3.28. The van der Waals surface area contributed by atoms with Crippen LogP contribution >= 0.6 is 0 Å². The van der Waals surface area contributed by atoms with Crippen LogP contribution in [0.2, 0.25) is 0 Å². The molecule has 0 saturated carbocycles. The van der Waals surface area contributed by atoms with E-state index in [-0.39, 0.29) is 23.6 Å². The zero-order valence-corrected chi connectivity index (χ0v) is 16.1. The van der Waals surface area contributed by atoms with Crippen LogP contribution in [0.1, 0.15) is 30.0 Å². The first-order valence-electron chi connectivity index (χ1n) is 9.80. The molecule has 1 fully saturated rings. The van der Waals surface area contributed by atoms with Gasteiger partial charge in [0.25, 0.3) is 0 Å². The van der Waals surface area contributed by atoms with Gasteiger partial charge in [-0.15, -0.1) is 0 Å². The second kappa shape index (κ2) is 8.39. The van der Waals surface area contributed by atoms with E-state index in [0.717, 1.165) is 36.2 Å². The fourth-order valence-electron chi connectivity index (χ4n) is 3.91. The number of hydrogen-bond donors (Lipinski definition) is 1. The minimum absolute atomic E-state index is 0.0343. The summed E-state index contributed by atoms with van der Waals surface area (Å²) in [6.45, 7) is 1.31. The monoisotopic (exact) mass is 390 g/mol. The van der Waals surface area contributed by atoms with Crippen molar-refractivity contribution in [2.75, 3.05) is 18.8 Å². The van der Waals surface area contributed by atoms with Crippen molar-refractivity contribution < 1.29 is 9.18 Å². The summed E-state index contributed by atoms with van der Waals surface area (Å²) < 4.78 is 13.8.